The summed E-state index contributed by atoms with van der Waals surface area (Å²) in [6.07, 6.45) is 4.54. The molecular formula is C26H31F2N3O2S. The molecule has 2 fully saturated rings. The number of hydrogen-bond donors (Lipinski definition) is 1. The van der Waals surface area contributed by atoms with E-state index in [1.165, 1.54) is 72.3 Å². The average molecular weight is 488 g/mol. The van der Waals surface area contributed by atoms with Gasteiger partial charge in [0.15, 0.2) is 0 Å². The van der Waals surface area contributed by atoms with Crippen molar-refractivity contribution in [3.05, 3.63) is 71.3 Å². The Hall–Kier alpha value is -2.45. The maximum Gasteiger partial charge on any atom is 0.255 e. The van der Waals surface area contributed by atoms with Crippen LogP contribution in [0.1, 0.15) is 53.9 Å². The van der Waals surface area contributed by atoms with Gasteiger partial charge in [-0.3, -0.25) is 9.59 Å². The van der Waals surface area contributed by atoms with E-state index in [0.29, 0.717) is 23.9 Å². The lowest BCUT2D eigenvalue weighted by atomic mass is 10.0. The second-order valence-corrected chi connectivity index (χ2v) is 10.1. The molecule has 2 saturated heterocycles. The smallest absolute Gasteiger partial charge is 0.255 e. The molecule has 2 amide bonds. The molecule has 0 radical (unpaired) electrons. The highest BCUT2D eigenvalue weighted by atomic mass is 32.2. The van der Waals surface area contributed by atoms with Gasteiger partial charge in [-0.2, -0.15) is 0 Å². The van der Waals surface area contributed by atoms with Crippen LogP contribution in [0.3, 0.4) is 0 Å². The average Bonchev–Trinajstić information content (AvgIpc) is 3.27. The lowest BCUT2D eigenvalue weighted by molar-refractivity contribution is -0.124. The monoisotopic (exact) mass is 487 g/mol. The Morgan fingerprint density at radius 3 is 2.59 bits per heavy atom. The topological polar surface area (TPSA) is 52.7 Å². The lowest BCUT2D eigenvalue weighted by Crippen LogP contribution is -2.48. The summed E-state index contributed by atoms with van der Waals surface area (Å²) in [7, 11) is 0. The van der Waals surface area contributed by atoms with Crippen molar-refractivity contribution in [3.8, 4) is 0 Å². The third-order valence-corrected chi connectivity index (χ3v) is 7.93. The van der Waals surface area contributed by atoms with Crippen LogP contribution in [-0.4, -0.2) is 59.1 Å². The van der Waals surface area contributed by atoms with Crippen LogP contribution < -0.4 is 5.32 Å². The van der Waals surface area contributed by atoms with E-state index in [4.69, 9.17) is 0 Å². The summed E-state index contributed by atoms with van der Waals surface area (Å²) in [5.74, 6) is -1.22. The fraction of sp³-hybridized carbons (Fsp3) is 0.462. The fourth-order valence-corrected chi connectivity index (χ4v) is 6.16. The van der Waals surface area contributed by atoms with Crippen LogP contribution in [0, 0.1) is 11.6 Å². The first-order valence-electron chi connectivity index (χ1n) is 11.9. The third-order valence-electron chi connectivity index (χ3n) is 6.60. The number of hydrogen-bond acceptors (Lipinski definition) is 4. The summed E-state index contributed by atoms with van der Waals surface area (Å²) in [5.41, 5.74) is 0.768. The molecule has 0 spiro atoms. The molecule has 2 aliphatic rings. The van der Waals surface area contributed by atoms with Crippen molar-refractivity contribution in [2.45, 2.75) is 50.1 Å². The molecule has 0 aromatic heterocycles. The molecule has 2 heterocycles. The number of benzene rings is 2. The molecule has 34 heavy (non-hydrogen) atoms. The maximum atomic E-state index is 13.9. The first-order chi connectivity index (χ1) is 16.4. The van der Waals surface area contributed by atoms with E-state index in [2.05, 4.69) is 17.1 Å². The van der Waals surface area contributed by atoms with Crippen LogP contribution in [0.25, 0.3) is 0 Å². The van der Waals surface area contributed by atoms with Gasteiger partial charge in [-0.1, -0.05) is 24.6 Å². The molecule has 0 bridgehead atoms. The van der Waals surface area contributed by atoms with Crippen molar-refractivity contribution < 1.29 is 18.4 Å². The van der Waals surface area contributed by atoms with Gasteiger partial charge in [0.1, 0.15) is 23.1 Å². The van der Waals surface area contributed by atoms with Gasteiger partial charge < -0.3 is 15.1 Å². The lowest BCUT2D eigenvalue weighted by Gasteiger charge is -2.33. The SMILES string of the molecule is CC1CCCCN1CCCNC(=O)C1CSC(c2cccc(F)c2)N1C(=O)c1cccc(F)c1. The number of rotatable bonds is 7. The zero-order valence-corrected chi connectivity index (χ0v) is 20.2. The maximum absolute atomic E-state index is 13.9. The van der Waals surface area contributed by atoms with E-state index in [1.807, 2.05) is 0 Å². The van der Waals surface area contributed by atoms with Crippen molar-refractivity contribution >= 4 is 23.6 Å². The third kappa shape index (κ3) is 5.78. The number of amides is 2. The summed E-state index contributed by atoms with van der Waals surface area (Å²) < 4.78 is 27.7. The van der Waals surface area contributed by atoms with Crippen LogP contribution >= 0.6 is 11.8 Å². The fourth-order valence-electron chi connectivity index (χ4n) is 4.75. The van der Waals surface area contributed by atoms with Crippen molar-refractivity contribution in [3.63, 3.8) is 0 Å². The van der Waals surface area contributed by atoms with Crippen molar-refractivity contribution in [1.29, 1.82) is 0 Å². The molecular weight excluding hydrogens is 456 g/mol. The van der Waals surface area contributed by atoms with Gasteiger partial charge in [-0.05, 0) is 68.6 Å². The van der Waals surface area contributed by atoms with E-state index in [9.17, 15) is 18.4 Å². The number of nitrogens with one attached hydrogen (secondary N) is 1. The highest BCUT2D eigenvalue weighted by Gasteiger charge is 2.42. The molecule has 182 valence electrons. The molecule has 0 saturated carbocycles. The summed E-state index contributed by atoms with van der Waals surface area (Å²) in [6, 6.07) is 11.3. The molecule has 2 aromatic rings. The molecule has 1 N–H and O–H groups in total. The largest absolute Gasteiger partial charge is 0.354 e. The molecule has 0 aliphatic carbocycles. The molecule has 2 aromatic carbocycles. The van der Waals surface area contributed by atoms with Crippen LogP contribution in [-0.2, 0) is 4.79 Å². The number of piperidine rings is 1. The Morgan fingerprint density at radius 2 is 1.85 bits per heavy atom. The molecule has 3 atom stereocenters. The van der Waals surface area contributed by atoms with Crippen LogP contribution in [0.4, 0.5) is 8.78 Å². The van der Waals surface area contributed by atoms with E-state index < -0.39 is 29.0 Å². The Kier molecular flexibility index (Phi) is 8.21. The van der Waals surface area contributed by atoms with Gasteiger partial charge in [0.2, 0.25) is 5.91 Å². The number of likely N-dealkylation sites (tertiary alicyclic amines) is 1. The van der Waals surface area contributed by atoms with E-state index in [1.54, 1.807) is 12.1 Å². The Morgan fingerprint density at radius 1 is 1.09 bits per heavy atom. The summed E-state index contributed by atoms with van der Waals surface area (Å²) >= 11 is 1.41. The number of carbonyl (C=O) groups is 2. The van der Waals surface area contributed by atoms with Gasteiger partial charge in [0, 0.05) is 30.4 Å². The number of halogens is 2. The van der Waals surface area contributed by atoms with Crippen LogP contribution in [0.15, 0.2) is 48.5 Å². The van der Waals surface area contributed by atoms with Crippen molar-refractivity contribution in [2.75, 3.05) is 25.4 Å². The standard InChI is InChI=1S/C26H31F2N3O2S/c1-18-7-2-3-13-30(18)14-6-12-29-24(32)23-17-34-26(20-9-5-11-22(28)16-20)31(23)25(33)19-8-4-10-21(27)15-19/h4-5,8-11,15-16,18,23,26H,2-3,6-7,12-14,17H2,1H3,(H,29,32). The van der Waals surface area contributed by atoms with Gasteiger partial charge >= 0.3 is 0 Å². The first-order valence-corrected chi connectivity index (χ1v) is 13.0. The van der Waals surface area contributed by atoms with Gasteiger partial charge in [-0.15, -0.1) is 11.8 Å². The summed E-state index contributed by atoms with van der Waals surface area (Å²) in [5, 5.41) is 2.46. The molecule has 4 rings (SSSR count). The predicted molar refractivity (Wildman–Crippen MR) is 130 cm³/mol. The molecule has 5 nitrogen and oxygen atoms in total. The molecule has 8 heteroatoms. The number of nitrogens with zero attached hydrogens (tertiary/aromatic N) is 2. The molecule has 2 aliphatic heterocycles. The van der Waals surface area contributed by atoms with Gasteiger partial charge in [-0.25, -0.2) is 8.78 Å². The zero-order valence-electron chi connectivity index (χ0n) is 19.4. The highest BCUT2D eigenvalue weighted by molar-refractivity contribution is 7.99. The van der Waals surface area contributed by atoms with Gasteiger partial charge in [0.05, 0.1) is 0 Å². The van der Waals surface area contributed by atoms with Crippen molar-refractivity contribution in [1.82, 2.24) is 15.1 Å². The predicted octanol–water partition coefficient (Wildman–Crippen LogP) is 4.60. The number of carbonyl (C=O) groups excluding carboxylic acids is 2. The van der Waals surface area contributed by atoms with Crippen LogP contribution in [0.2, 0.25) is 0 Å². The molecule has 3 unspecified atom stereocenters. The van der Waals surface area contributed by atoms with Gasteiger partial charge in [0.25, 0.3) is 5.91 Å². The summed E-state index contributed by atoms with van der Waals surface area (Å²) in [4.78, 5) is 30.5. The minimum Gasteiger partial charge on any atom is -0.354 e. The minimum atomic E-state index is -0.719. The summed E-state index contributed by atoms with van der Waals surface area (Å²) in [6.45, 7) is 4.80. The highest BCUT2D eigenvalue weighted by Crippen LogP contribution is 2.42. The second-order valence-electron chi connectivity index (χ2n) is 9.00. The van der Waals surface area contributed by atoms with E-state index in [-0.39, 0.29) is 11.5 Å². The van der Waals surface area contributed by atoms with E-state index >= 15 is 0 Å². The normalized spacial score (nSPS) is 23.1. The number of thioether (sulfide) groups is 1. The Labute approximate surface area is 203 Å². The van der Waals surface area contributed by atoms with Crippen LogP contribution in [0.5, 0.6) is 0 Å². The van der Waals surface area contributed by atoms with Crippen molar-refractivity contribution in [2.24, 2.45) is 0 Å². The Balaban J connectivity index is 1.46. The Bertz CT molecular complexity index is 1020. The minimum absolute atomic E-state index is 0.167. The quantitative estimate of drug-likeness (QED) is 0.580. The second kappa shape index (κ2) is 11.3. The zero-order chi connectivity index (χ0) is 24.1. The van der Waals surface area contributed by atoms with E-state index in [0.717, 1.165) is 19.5 Å². The first kappa shape index (κ1) is 24.7.